The van der Waals surface area contributed by atoms with Crippen LogP contribution in [0.3, 0.4) is 0 Å². The van der Waals surface area contributed by atoms with Crippen LogP contribution in [0.25, 0.3) is 11.3 Å². The SMILES string of the molecule is CCSc1nnc2c(n1)OC(c1ccc(OC(C)=O)c(OC(C)=O)c1)N(C(C)=O)c1ccccc1-2. The minimum absolute atomic E-state index is 0.0121. The molecule has 1 aliphatic heterocycles. The van der Waals surface area contributed by atoms with Crippen LogP contribution in [0.1, 0.15) is 39.5 Å². The summed E-state index contributed by atoms with van der Waals surface area (Å²) in [5, 5.41) is 8.96. The number of anilines is 1. The number of ether oxygens (including phenoxy) is 3. The standard InChI is InChI=1S/C24H22N4O6S/c1-5-35-24-25-22-21(26-27-24)17-8-6-7-9-18(17)28(13(2)29)23(34-22)16-10-11-19(32-14(3)30)20(12-16)33-15(4)31/h6-12,23H,5H2,1-4H3. The van der Waals surface area contributed by atoms with Gasteiger partial charge in [-0.05, 0) is 30.0 Å². The van der Waals surface area contributed by atoms with Crippen LogP contribution in [0.5, 0.6) is 17.4 Å². The second-order valence-corrected chi connectivity index (χ2v) is 8.68. The van der Waals surface area contributed by atoms with E-state index in [2.05, 4.69) is 15.2 Å². The lowest BCUT2D eigenvalue weighted by atomic mass is 10.1. The Hall–Kier alpha value is -3.99. The van der Waals surface area contributed by atoms with Crippen LogP contribution >= 0.6 is 11.8 Å². The first kappa shape index (κ1) is 24.1. The van der Waals surface area contributed by atoms with E-state index in [0.29, 0.717) is 27.7 Å². The van der Waals surface area contributed by atoms with Crippen LogP contribution in [-0.4, -0.2) is 38.8 Å². The van der Waals surface area contributed by atoms with Gasteiger partial charge in [-0.1, -0.05) is 36.9 Å². The molecule has 0 fully saturated rings. The lowest BCUT2D eigenvalue weighted by Crippen LogP contribution is -2.36. The van der Waals surface area contributed by atoms with E-state index in [4.69, 9.17) is 14.2 Å². The van der Waals surface area contributed by atoms with E-state index in [0.717, 1.165) is 5.75 Å². The molecule has 0 aliphatic carbocycles. The van der Waals surface area contributed by atoms with Crippen molar-refractivity contribution in [2.75, 3.05) is 10.7 Å². The van der Waals surface area contributed by atoms with Crippen molar-refractivity contribution >= 4 is 35.3 Å². The molecule has 4 rings (SSSR count). The average molecular weight is 495 g/mol. The van der Waals surface area contributed by atoms with Crippen molar-refractivity contribution in [3.05, 3.63) is 48.0 Å². The monoisotopic (exact) mass is 494 g/mol. The van der Waals surface area contributed by atoms with Crippen LogP contribution in [0.15, 0.2) is 47.6 Å². The molecule has 1 atom stereocenters. The lowest BCUT2D eigenvalue weighted by molar-refractivity contribution is -0.134. The smallest absolute Gasteiger partial charge is 0.308 e. The summed E-state index contributed by atoms with van der Waals surface area (Å²) in [6, 6.07) is 11.8. The van der Waals surface area contributed by atoms with Crippen LogP contribution in [0.2, 0.25) is 0 Å². The van der Waals surface area contributed by atoms with Gasteiger partial charge >= 0.3 is 11.9 Å². The third kappa shape index (κ3) is 5.09. The Bertz CT molecular complexity index is 1310. The van der Waals surface area contributed by atoms with Crippen molar-refractivity contribution in [3.63, 3.8) is 0 Å². The van der Waals surface area contributed by atoms with Crippen LogP contribution in [0, 0.1) is 0 Å². The topological polar surface area (TPSA) is 121 Å². The van der Waals surface area contributed by atoms with Gasteiger partial charge in [0.05, 0.1) is 5.69 Å². The highest BCUT2D eigenvalue weighted by molar-refractivity contribution is 7.99. The third-order valence-corrected chi connectivity index (χ3v) is 5.60. The number of esters is 2. The third-order valence-electron chi connectivity index (χ3n) is 4.88. The number of amides is 1. The zero-order valence-corrected chi connectivity index (χ0v) is 20.3. The summed E-state index contributed by atoms with van der Waals surface area (Å²) in [5.41, 5.74) is 2.03. The minimum Gasteiger partial charge on any atom is -0.447 e. The number of rotatable bonds is 5. The molecule has 1 aromatic heterocycles. The molecule has 2 heterocycles. The zero-order chi connectivity index (χ0) is 25.1. The molecular formula is C24H22N4O6S. The Morgan fingerprint density at radius 1 is 1.00 bits per heavy atom. The Kier molecular flexibility index (Phi) is 6.97. The molecule has 35 heavy (non-hydrogen) atoms. The van der Waals surface area contributed by atoms with Gasteiger partial charge < -0.3 is 14.2 Å². The first-order valence-electron chi connectivity index (χ1n) is 10.7. The van der Waals surface area contributed by atoms with Crippen LogP contribution < -0.4 is 19.1 Å². The number of hydrogen-bond donors (Lipinski definition) is 0. The molecule has 180 valence electrons. The first-order chi connectivity index (χ1) is 16.8. The summed E-state index contributed by atoms with van der Waals surface area (Å²) in [6.07, 6.45) is -0.994. The maximum atomic E-state index is 12.9. The predicted molar refractivity (Wildman–Crippen MR) is 127 cm³/mol. The van der Waals surface area contributed by atoms with E-state index in [1.807, 2.05) is 19.1 Å². The van der Waals surface area contributed by atoms with Gasteiger partial charge in [-0.15, -0.1) is 10.2 Å². The van der Waals surface area contributed by atoms with Crippen molar-refractivity contribution < 1.29 is 28.6 Å². The largest absolute Gasteiger partial charge is 0.447 e. The second-order valence-electron chi connectivity index (χ2n) is 7.45. The second kappa shape index (κ2) is 10.1. The highest BCUT2D eigenvalue weighted by atomic mass is 32.2. The Labute approximate surface area is 205 Å². The number of carbonyl (C=O) groups excluding carboxylic acids is 3. The van der Waals surface area contributed by atoms with Crippen molar-refractivity contribution in [2.45, 2.75) is 39.1 Å². The van der Waals surface area contributed by atoms with Crippen LogP contribution in [0.4, 0.5) is 5.69 Å². The Morgan fingerprint density at radius 3 is 2.40 bits per heavy atom. The number of carbonyl (C=O) groups is 3. The fourth-order valence-electron chi connectivity index (χ4n) is 3.61. The highest BCUT2D eigenvalue weighted by Crippen LogP contribution is 2.44. The number of para-hydroxylation sites is 1. The number of aromatic nitrogens is 3. The molecule has 1 unspecified atom stereocenters. The molecule has 0 saturated carbocycles. The van der Waals surface area contributed by atoms with E-state index < -0.39 is 18.2 Å². The van der Waals surface area contributed by atoms with Crippen molar-refractivity contribution in [3.8, 4) is 28.6 Å². The van der Waals surface area contributed by atoms with Gasteiger partial charge in [0.1, 0.15) is 0 Å². The summed E-state index contributed by atoms with van der Waals surface area (Å²) in [6.45, 7) is 5.86. The van der Waals surface area contributed by atoms with Gasteiger partial charge in [0.25, 0.3) is 0 Å². The summed E-state index contributed by atoms with van der Waals surface area (Å²) < 4.78 is 16.7. The zero-order valence-electron chi connectivity index (χ0n) is 19.5. The van der Waals surface area contributed by atoms with Crippen molar-refractivity contribution in [1.82, 2.24) is 15.2 Å². The maximum Gasteiger partial charge on any atom is 0.308 e. The fourth-order valence-corrected chi connectivity index (χ4v) is 4.12. The molecule has 0 bridgehead atoms. The molecule has 0 radical (unpaired) electrons. The molecule has 10 nitrogen and oxygen atoms in total. The van der Waals surface area contributed by atoms with Gasteiger partial charge in [-0.3, -0.25) is 19.3 Å². The maximum absolute atomic E-state index is 12.9. The Morgan fingerprint density at radius 2 is 1.71 bits per heavy atom. The summed E-state index contributed by atoms with van der Waals surface area (Å²) in [5.74, 6) is -0.462. The molecule has 3 aromatic rings. The van der Waals surface area contributed by atoms with E-state index in [-0.39, 0.29) is 23.3 Å². The van der Waals surface area contributed by atoms with E-state index >= 15 is 0 Å². The molecule has 11 heteroatoms. The van der Waals surface area contributed by atoms with E-state index in [1.54, 1.807) is 18.2 Å². The Balaban J connectivity index is 1.90. The van der Waals surface area contributed by atoms with Crippen molar-refractivity contribution in [2.24, 2.45) is 0 Å². The number of thioether (sulfide) groups is 1. The summed E-state index contributed by atoms with van der Waals surface area (Å²) >= 11 is 1.41. The molecule has 1 aliphatic rings. The molecule has 0 spiro atoms. The predicted octanol–water partition coefficient (Wildman–Crippen LogP) is 3.95. The van der Waals surface area contributed by atoms with Gasteiger partial charge in [0.15, 0.2) is 17.2 Å². The van der Waals surface area contributed by atoms with Gasteiger partial charge in [0.2, 0.25) is 23.2 Å². The highest BCUT2D eigenvalue weighted by Gasteiger charge is 2.35. The van der Waals surface area contributed by atoms with Gasteiger partial charge in [0, 0.05) is 31.9 Å². The molecule has 2 aromatic carbocycles. The normalized spacial score (nSPS) is 14.2. The molecule has 0 saturated heterocycles. The summed E-state index contributed by atoms with van der Waals surface area (Å²) in [7, 11) is 0. The quantitative estimate of drug-likeness (QED) is 0.293. The number of hydrogen-bond acceptors (Lipinski definition) is 10. The lowest BCUT2D eigenvalue weighted by Gasteiger charge is -2.30. The number of nitrogens with zero attached hydrogens (tertiary/aromatic N) is 4. The summed E-state index contributed by atoms with van der Waals surface area (Å²) in [4.78, 5) is 42.1. The minimum atomic E-state index is -0.994. The van der Waals surface area contributed by atoms with Gasteiger partial charge in [-0.25, -0.2) is 0 Å². The van der Waals surface area contributed by atoms with E-state index in [1.165, 1.54) is 49.6 Å². The number of benzene rings is 2. The molecular weight excluding hydrogens is 472 g/mol. The molecule has 0 N–H and O–H groups in total. The molecule has 1 amide bonds. The van der Waals surface area contributed by atoms with Gasteiger partial charge in [-0.2, -0.15) is 4.98 Å². The number of fused-ring (bicyclic) bond motifs is 3. The van der Waals surface area contributed by atoms with Crippen LogP contribution in [-0.2, 0) is 14.4 Å². The average Bonchev–Trinajstić information content (AvgIpc) is 2.94. The first-order valence-corrected chi connectivity index (χ1v) is 11.7. The van der Waals surface area contributed by atoms with Crippen molar-refractivity contribution in [1.29, 1.82) is 0 Å². The van der Waals surface area contributed by atoms with E-state index in [9.17, 15) is 14.4 Å². The fraction of sp³-hybridized carbons (Fsp3) is 0.250.